The molecule has 0 unspecified atom stereocenters. The number of hydrogen-bond acceptors (Lipinski definition) is 1. The minimum Gasteiger partial charge on any atom is -0.369 e. The molecule has 0 bridgehead atoms. The van der Waals surface area contributed by atoms with Crippen LogP contribution >= 0.6 is 0 Å². The predicted molar refractivity (Wildman–Crippen MR) is 88.3 cm³/mol. The lowest BCUT2D eigenvalue weighted by molar-refractivity contribution is 0.962. The molecule has 0 atom stereocenters. The molecule has 21 heavy (non-hydrogen) atoms. The van der Waals surface area contributed by atoms with Crippen molar-refractivity contribution in [3.63, 3.8) is 0 Å². The zero-order chi connectivity index (χ0) is 14.9. The predicted octanol–water partition coefficient (Wildman–Crippen LogP) is 1.97. The molecular formula is C16H19N5. The average molecular weight is 281 g/mol. The number of guanidine groups is 2. The van der Waals surface area contributed by atoms with Crippen LogP contribution in [0, 0.1) is 0 Å². The van der Waals surface area contributed by atoms with E-state index < -0.39 is 0 Å². The van der Waals surface area contributed by atoms with Crippen molar-refractivity contribution in [3.05, 3.63) is 66.2 Å². The molecule has 5 heteroatoms. The number of benzene rings is 2. The second-order valence-corrected chi connectivity index (χ2v) is 4.46. The number of aliphatic imine (C=N–C) groups is 2. The van der Waals surface area contributed by atoms with Gasteiger partial charge in [0.15, 0.2) is 0 Å². The standard InChI is InChI=1S/C16H19N5/c17-15(19-12-11-13-7-3-1-4-8-13)21-16(18)20-14-9-5-2-6-10-14/h1-10H,11-12H2,(H5,17,18,19,20,21). The highest BCUT2D eigenvalue weighted by molar-refractivity contribution is 6.00. The van der Waals surface area contributed by atoms with Crippen LogP contribution in [-0.2, 0) is 6.42 Å². The first-order valence-electron chi connectivity index (χ1n) is 6.74. The van der Waals surface area contributed by atoms with Gasteiger partial charge in [-0.2, -0.15) is 4.99 Å². The molecule has 0 aliphatic heterocycles. The Morgan fingerprint density at radius 1 is 0.905 bits per heavy atom. The minimum absolute atomic E-state index is 0.173. The van der Waals surface area contributed by atoms with Gasteiger partial charge in [-0.15, -0.1) is 0 Å². The van der Waals surface area contributed by atoms with Gasteiger partial charge in [-0.3, -0.25) is 4.99 Å². The number of anilines is 1. The van der Waals surface area contributed by atoms with Crippen LogP contribution in [0.15, 0.2) is 70.6 Å². The van der Waals surface area contributed by atoms with Crippen LogP contribution in [0.3, 0.4) is 0 Å². The lowest BCUT2D eigenvalue weighted by atomic mass is 10.2. The van der Waals surface area contributed by atoms with Crippen molar-refractivity contribution < 1.29 is 0 Å². The number of hydrogen-bond donors (Lipinski definition) is 3. The third-order valence-corrected chi connectivity index (χ3v) is 2.80. The molecule has 2 rings (SSSR count). The summed E-state index contributed by atoms with van der Waals surface area (Å²) in [6, 6.07) is 19.6. The van der Waals surface area contributed by atoms with Crippen molar-refractivity contribution >= 4 is 17.6 Å². The minimum atomic E-state index is 0.173. The molecule has 0 aromatic heterocycles. The van der Waals surface area contributed by atoms with Gasteiger partial charge >= 0.3 is 0 Å². The highest BCUT2D eigenvalue weighted by Crippen LogP contribution is 2.03. The van der Waals surface area contributed by atoms with Crippen molar-refractivity contribution in [2.75, 3.05) is 11.9 Å². The molecule has 0 saturated carbocycles. The molecule has 0 heterocycles. The number of rotatable bonds is 4. The monoisotopic (exact) mass is 281 g/mol. The summed E-state index contributed by atoms with van der Waals surface area (Å²) >= 11 is 0. The molecular weight excluding hydrogens is 262 g/mol. The van der Waals surface area contributed by atoms with Gasteiger partial charge in [-0.25, -0.2) is 0 Å². The van der Waals surface area contributed by atoms with E-state index in [-0.39, 0.29) is 11.9 Å². The van der Waals surface area contributed by atoms with Crippen molar-refractivity contribution in [2.45, 2.75) is 6.42 Å². The highest BCUT2D eigenvalue weighted by atomic mass is 15.2. The largest absolute Gasteiger partial charge is 0.369 e. The van der Waals surface area contributed by atoms with Crippen LogP contribution in [0.2, 0.25) is 0 Å². The normalized spacial score (nSPS) is 12.2. The lowest BCUT2D eigenvalue weighted by Crippen LogP contribution is -2.26. The Morgan fingerprint density at radius 3 is 2.19 bits per heavy atom. The lowest BCUT2D eigenvalue weighted by Gasteiger charge is -2.04. The van der Waals surface area contributed by atoms with Gasteiger partial charge in [0.05, 0.1) is 0 Å². The fraction of sp³-hybridized carbons (Fsp3) is 0.125. The van der Waals surface area contributed by atoms with Crippen molar-refractivity contribution in [3.8, 4) is 0 Å². The Balaban J connectivity index is 1.86. The van der Waals surface area contributed by atoms with E-state index in [9.17, 15) is 0 Å². The zero-order valence-electron chi connectivity index (χ0n) is 11.7. The van der Waals surface area contributed by atoms with Gasteiger partial charge in [-0.05, 0) is 24.1 Å². The molecule has 5 nitrogen and oxygen atoms in total. The third kappa shape index (κ3) is 5.36. The van der Waals surface area contributed by atoms with E-state index in [1.165, 1.54) is 5.56 Å². The van der Waals surface area contributed by atoms with E-state index >= 15 is 0 Å². The quantitative estimate of drug-likeness (QED) is 0.591. The number of nitrogens with two attached hydrogens (primary N) is 2. The molecule has 0 saturated heterocycles. The number of nitrogens with zero attached hydrogens (tertiary/aromatic N) is 2. The van der Waals surface area contributed by atoms with E-state index in [4.69, 9.17) is 11.5 Å². The van der Waals surface area contributed by atoms with E-state index in [1.807, 2.05) is 48.5 Å². The average Bonchev–Trinajstić information content (AvgIpc) is 2.49. The summed E-state index contributed by atoms with van der Waals surface area (Å²) in [6.07, 6.45) is 0.822. The Bertz CT molecular complexity index is 605. The maximum Gasteiger partial charge on any atom is 0.218 e. The second-order valence-electron chi connectivity index (χ2n) is 4.46. The van der Waals surface area contributed by atoms with E-state index in [0.717, 1.165) is 12.1 Å². The van der Waals surface area contributed by atoms with E-state index in [0.29, 0.717) is 6.54 Å². The fourth-order valence-electron chi connectivity index (χ4n) is 1.80. The molecule has 0 aliphatic carbocycles. The Labute approximate surface area is 124 Å². The van der Waals surface area contributed by atoms with Gasteiger partial charge < -0.3 is 16.8 Å². The van der Waals surface area contributed by atoms with Crippen LogP contribution in [0.5, 0.6) is 0 Å². The first-order valence-corrected chi connectivity index (χ1v) is 6.74. The van der Waals surface area contributed by atoms with Crippen molar-refractivity contribution in [2.24, 2.45) is 21.5 Å². The topological polar surface area (TPSA) is 88.8 Å². The summed E-state index contributed by atoms with van der Waals surface area (Å²) < 4.78 is 0. The Hall–Kier alpha value is -2.82. The number of para-hydroxylation sites is 1. The summed E-state index contributed by atoms with van der Waals surface area (Å²) in [6.45, 7) is 0.581. The van der Waals surface area contributed by atoms with Crippen LogP contribution in [-0.4, -0.2) is 18.5 Å². The van der Waals surface area contributed by atoms with Crippen molar-refractivity contribution in [1.82, 2.24) is 0 Å². The van der Waals surface area contributed by atoms with Gasteiger partial charge in [-0.1, -0.05) is 48.5 Å². The molecule has 0 fully saturated rings. The molecule has 0 radical (unpaired) electrons. The number of nitrogens with one attached hydrogen (secondary N) is 1. The maximum atomic E-state index is 5.77. The van der Waals surface area contributed by atoms with Crippen LogP contribution < -0.4 is 16.8 Å². The van der Waals surface area contributed by atoms with E-state index in [1.54, 1.807) is 0 Å². The van der Waals surface area contributed by atoms with Gasteiger partial charge in [0, 0.05) is 12.2 Å². The smallest absolute Gasteiger partial charge is 0.218 e. The van der Waals surface area contributed by atoms with Gasteiger partial charge in [0.25, 0.3) is 0 Å². The second kappa shape index (κ2) is 7.69. The third-order valence-electron chi connectivity index (χ3n) is 2.80. The van der Waals surface area contributed by atoms with Gasteiger partial charge in [0.2, 0.25) is 11.9 Å². The Kier molecular flexibility index (Phi) is 5.34. The summed E-state index contributed by atoms with van der Waals surface area (Å²) in [4.78, 5) is 8.20. The fourth-order valence-corrected chi connectivity index (χ4v) is 1.80. The molecule has 108 valence electrons. The summed E-state index contributed by atoms with van der Waals surface area (Å²) in [5.41, 5.74) is 13.6. The summed E-state index contributed by atoms with van der Waals surface area (Å²) in [5, 5.41) is 2.95. The molecule has 2 aromatic rings. The molecule has 0 aliphatic rings. The molecule has 2 aromatic carbocycles. The highest BCUT2D eigenvalue weighted by Gasteiger charge is 1.96. The SMILES string of the molecule is NC(=NCCc1ccccc1)/N=C(\N)Nc1ccccc1. The van der Waals surface area contributed by atoms with Crippen LogP contribution in [0.4, 0.5) is 5.69 Å². The molecule has 0 spiro atoms. The summed E-state index contributed by atoms with van der Waals surface area (Å²) in [7, 11) is 0. The Morgan fingerprint density at radius 2 is 1.52 bits per heavy atom. The van der Waals surface area contributed by atoms with Gasteiger partial charge in [0.1, 0.15) is 0 Å². The maximum absolute atomic E-state index is 5.77. The first-order chi connectivity index (χ1) is 10.2. The molecule has 0 amide bonds. The zero-order valence-corrected chi connectivity index (χ0v) is 11.7. The molecule has 5 N–H and O–H groups in total. The van der Waals surface area contributed by atoms with Crippen molar-refractivity contribution in [1.29, 1.82) is 0 Å². The van der Waals surface area contributed by atoms with Crippen LogP contribution in [0.1, 0.15) is 5.56 Å². The van der Waals surface area contributed by atoms with E-state index in [2.05, 4.69) is 27.4 Å². The summed E-state index contributed by atoms with van der Waals surface area (Å²) in [5.74, 6) is 0.397. The van der Waals surface area contributed by atoms with Crippen LogP contribution in [0.25, 0.3) is 0 Å². The first kappa shape index (κ1) is 14.6.